The highest BCUT2D eigenvalue weighted by Gasteiger charge is 2.36. The summed E-state index contributed by atoms with van der Waals surface area (Å²) in [5.41, 5.74) is 2.37. The van der Waals surface area contributed by atoms with E-state index in [1.807, 2.05) is 11.0 Å². The first-order valence-electron chi connectivity index (χ1n) is 9.63. The summed E-state index contributed by atoms with van der Waals surface area (Å²) in [5, 5.41) is 2.14. The molecule has 1 saturated heterocycles. The lowest BCUT2D eigenvalue weighted by Gasteiger charge is -2.30. The highest BCUT2D eigenvalue weighted by atomic mass is 32.1. The van der Waals surface area contributed by atoms with Gasteiger partial charge >= 0.3 is 0 Å². The molecule has 2 unspecified atom stereocenters. The van der Waals surface area contributed by atoms with Gasteiger partial charge in [0.05, 0.1) is 0 Å². The highest BCUT2D eigenvalue weighted by molar-refractivity contribution is 7.10. The number of benzene rings is 1. The van der Waals surface area contributed by atoms with E-state index < -0.39 is 0 Å². The molecule has 0 saturated carbocycles. The minimum atomic E-state index is -0.189. The first kappa shape index (κ1) is 20.0. The van der Waals surface area contributed by atoms with Crippen molar-refractivity contribution in [2.75, 3.05) is 19.6 Å². The smallest absolute Gasteiger partial charge is 0.219 e. The minimum absolute atomic E-state index is 0.107. The zero-order valence-corrected chi connectivity index (χ0v) is 17.4. The van der Waals surface area contributed by atoms with E-state index in [4.69, 9.17) is 0 Å². The summed E-state index contributed by atoms with van der Waals surface area (Å²) in [4.78, 5) is 17.9. The molecule has 1 amide bonds. The summed E-state index contributed by atoms with van der Waals surface area (Å²) >= 11 is 1.79. The molecule has 0 aliphatic carbocycles. The average molecular weight is 389 g/mol. The van der Waals surface area contributed by atoms with Gasteiger partial charge in [-0.3, -0.25) is 9.69 Å². The molecular formula is C22H29FN2OS. The van der Waals surface area contributed by atoms with Crippen LogP contribution in [0.25, 0.3) is 0 Å². The summed E-state index contributed by atoms with van der Waals surface area (Å²) < 4.78 is 13.8. The second kappa shape index (κ2) is 8.53. The molecule has 1 aliphatic heterocycles. The lowest BCUT2D eigenvalue weighted by atomic mass is 9.88. The Bertz CT molecular complexity index is 788. The molecular weight excluding hydrogens is 359 g/mol. The van der Waals surface area contributed by atoms with Crippen LogP contribution in [-0.4, -0.2) is 41.4 Å². The lowest BCUT2D eigenvalue weighted by Crippen LogP contribution is -2.40. The number of aryl methyl sites for hydroxylation is 1. The van der Waals surface area contributed by atoms with Crippen LogP contribution in [0.2, 0.25) is 0 Å². The number of carbonyl (C=O) groups is 1. The van der Waals surface area contributed by atoms with Gasteiger partial charge in [-0.25, -0.2) is 4.39 Å². The maximum absolute atomic E-state index is 13.8. The number of hydrogen-bond acceptors (Lipinski definition) is 3. The molecule has 0 radical (unpaired) electrons. The molecule has 1 aliphatic rings. The number of hydrogen-bond donors (Lipinski definition) is 0. The molecule has 146 valence electrons. The summed E-state index contributed by atoms with van der Waals surface area (Å²) in [6, 6.07) is 9.30. The van der Waals surface area contributed by atoms with Gasteiger partial charge in [0.1, 0.15) is 5.82 Å². The van der Waals surface area contributed by atoms with Gasteiger partial charge in [0.25, 0.3) is 0 Å². The van der Waals surface area contributed by atoms with Crippen molar-refractivity contribution in [1.82, 2.24) is 9.80 Å². The van der Waals surface area contributed by atoms with Gasteiger partial charge in [-0.2, -0.15) is 0 Å². The Morgan fingerprint density at radius 3 is 2.70 bits per heavy atom. The van der Waals surface area contributed by atoms with E-state index in [-0.39, 0.29) is 23.7 Å². The van der Waals surface area contributed by atoms with Gasteiger partial charge in [-0.1, -0.05) is 12.1 Å². The van der Waals surface area contributed by atoms with Gasteiger partial charge in [0.15, 0.2) is 0 Å². The predicted molar refractivity (Wildman–Crippen MR) is 109 cm³/mol. The van der Waals surface area contributed by atoms with Crippen molar-refractivity contribution < 1.29 is 9.18 Å². The van der Waals surface area contributed by atoms with E-state index in [2.05, 4.69) is 37.1 Å². The van der Waals surface area contributed by atoms with E-state index in [9.17, 15) is 9.18 Å². The molecule has 0 N–H and O–H groups in total. The molecule has 3 nitrogen and oxygen atoms in total. The van der Waals surface area contributed by atoms with Crippen LogP contribution in [0.1, 0.15) is 42.7 Å². The van der Waals surface area contributed by atoms with Gasteiger partial charge in [0.2, 0.25) is 5.91 Å². The van der Waals surface area contributed by atoms with Crippen LogP contribution in [0.3, 0.4) is 0 Å². The number of rotatable bonds is 6. The van der Waals surface area contributed by atoms with Crippen molar-refractivity contribution in [1.29, 1.82) is 0 Å². The van der Waals surface area contributed by atoms with Crippen molar-refractivity contribution in [2.45, 2.75) is 46.2 Å². The maximum Gasteiger partial charge on any atom is 0.219 e. The van der Waals surface area contributed by atoms with Crippen LogP contribution in [-0.2, 0) is 11.3 Å². The first-order valence-corrected chi connectivity index (χ1v) is 10.5. The van der Waals surface area contributed by atoms with Crippen LogP contribution in [0.15, 0.2) is 35.7 Å². The molecule has 27 heavy (non-hydrogen) atoms. The number of halogens is 1. The van der Waals surface area contributed by atoms with Crippen molar-refractivity contribution in [3.63, 3.8) is 0 Å². The standard InChI is InChI=1S/C22H29FN2OS/c1-15(2)25(17(4)26)12-19-11-24(14-22-16(3)8-9-27-22)13-21(19)18-6-5-7-20(23)10-18/h5-10,15,19,21H,11-14H2,1-4H3. The monoisotopic (exact) mass is 388 g/mol. The SMILES string of the molecule is CC(=O)N(CC1CN(Cc2sccc2C)CC1c1cccc(F)c1)C(C)C. The van der Waals surface area contributed by atoms with Gasteiger partial charge < -0.3 is 4.90 Å². The molecule has 5 heteroatoms. The van der Waals surface area contributed by atoms with Gasteiger partial charge in [-0.15, -0.1) is 11.3 Å². The average Bonchev–Trinajstić information content (AvgIpc) is 3.19. The van der Waals surface area contributed by atoms with E-state index in [0.717, 1.165) is 25.2 Å². The Kier molecular flexibility index (Phi) is 6.33. The third kappa shape index (κ3) is 4.77. The van der Waals surface area contributed by atoms with Crippen molar-refractivity contribution in [2.24, 2.45) is 5.92 Å². The summed E-state index contributed by atoms with van der Waals surface area (Å²) in [5.74, 6) is 0.460. The van der Waals surface area contributed by atoms with Crippen LogP contribution >= 0.6 is 11.3 Å². The van der Waals surface area contributed by atoms with Crippen LogP contribution in [0, 0.1) is 18.7 Å². The van der Waals surface area contributed by atoms with E-state index in [1.54, 1.807) is 30.4 Å². The number of carbonyl (C=O) groups excluding carboxylic acids is 1. The maximum atomic E-state index is 13.8. The molecule has 2 heterocycles. The number of nitrogens with zero attached hydrogens (tertiary/aromatic N) is 2. The van der Waals surface area contributed by atoms with Crippen LogP contribution in [0.4, 0.5) is 4.39 Å². The van der Waals surface area contributed by atoms with Gasteiger partial charge in [-0.05, 0) is 61.4 Å². The predicted octanol–water partition coefficient (Wildman–Crippen LogP) is 4.67. The van der Waals surface area contributed by atoms with E-state index >= 15 is 0 Å². The molecule has 2 aromatic rings. The molecule has 1 aromatic heterocycles. The fourth-order valence-electron chi connectivity index (χ4n) is 4.11. The Balaban J connectivity index is 1.82. The van der Waals surface area contributed by atoms with Crippen molar-refractivity contribution >= 4 is 17.2 Å². The topological polar surface area (TPSA) is 23.6 Å². The first-order chi connectivity index (χ1) is 12.8. The number of likely N-dealkylation sites (tertiary alicyclic amines) is 1. The third-order valence-corrected chi connectivity index (χ3v) is 6.60. The van der Waals surface area contributed by atoms with Crippen LogP contribution < -0.4 is 0 Å². The Hall–Kier alpha value is -1.72. The Morgan fingerprint density at radius 1 is 1.33 bits per heavy atom. The summed E-state index contributed by atoms with van der Waals surface area (Å²) in [7, 11) is 0. The molecule has 0 spiro atoms. The molecule has 3 rings (SSSR count). The molecule has 0 bridgehead atoms. The normalized spacial score (nSPS) is 20.4. The summed E-state index contributed by atoms with van der Waals surface area (Å²) in [6.07, 6.45) is 0. The largest absolute Gasteiger partial charge is 0.340 e. The Morgan fingerprint density at radius 2 is 2.11 bits per heavy atom. The van der Waals surface area contributed by atoms with E-state index in [0.29, 0.717) is 12.5 Å². The zero-order chi connectivity index (χ0) is 19.6. The number of thiophene rings is 1. The minimum Gasteiger partial charge on any atom is -0.340 e. The van der Waals surface area contributed by atoms with Crippen LogP contribution in [0.5, 0.6) is 0 Å². The molecule has 2 atom stereocenters. The van der Waals surface area contributed by atoms with Crippen molar-refractivity contribution in [3.05, 3.63) is 57.5 Å². The summed E-state index contributed by atoms with van der Waals surface area (Å²) in [6.45, 7) is 11.4. The Labute approximate surface area is 165 Å². The molecule has 1 aromatic carbocycles. The second-order valence-electron chi connectivity index (χ2n) is 7.91. The lowest BCUT2D eigenvalue weighted by molar-refractivity contribution is -0.131. The zero-order valence-electron chi connectivity index (χ0n) is 16.6. The molecule has 1 fully saturated rings. The third-order valence-electron chi connectivity index (χ3n) is 5.59. The van der Waals surface area contributed by atoms with E-state index in [1.165, 1.54) is 16.5 Å². The quantitative estimate of drug-likeness (QED) is 0.718. The van der Waals surface area contributed by atoms with Gasteiger partial charge in [0, 0.05) is 49.9 Å². The fourth-order valence-corrected chi connectivity index (χ4v) is 5.06. The van der Waals surface area contributed by atoms with Crippen molar-refractivity contribution in [3.8, 4) is 0 Å². The second-order valence-corrected chi connectivity index (χ2v) is 8.91. The highest BCUT2D eigenvalue weighted by Crippen LogP contribution is 2.35. The fraction of sp³-hybridized carbons (Fsp3) is 0.500. The number of amides is 1.